The molecule has 2 heterocycles. The molecule has 7 nitrogen and oxygen atoms in total. The molecule has 1 saturated heterocycles. The molecule has 0 radical (unpaired) electrons. The highest BCUT2D eigenvalue weighted by atomic mass is 16.5. The first-order chi connectivity index (χ1) is 10.7. The lowest BCUT2D eigenvalue weighted by Gasteiger charge is -2.27. The van der Waals surface area contributed by atoms with E-state index < -0.39 is 6.03 Å². The molecule has 22 heavy (non-hydrogen) atoms. The third-order valence-corrected chi connectivity index (χ3v) is 3.40. The van der Waals surface area contributed by atoms with Crippen molar-refractivity contribution in [3.8, 4) is 11.4 Å². The number of nitrogens with zero attached hydrogens (tertiary/aromatic N) is 3. The highest BCUT2D eigenvalue weighted by Gasteiger charge is 2.15. The van der Waals surface area contributed by atoms with Gasteiger partial charge in [0.15, 0.2) is 5.82 Å². The van der Waals surface area contributed by atoms with Gasteiger partial charge in [-0.05, 0) is 18.2 Å². The second-order valence-corrected chi connectivity index (χ2v) is 4.87. The summed E-state index contributed by atoms with van der Waals surface area (Å²) in [6.07, 6.45) is 1.72. The minimum absolute atomic E-state index is 0.549. The number of benzene rings is 1. The summed E-state index contributed by atoms with van der Waals surface area (Å²) >= 11 is 0. The lowest BCUT2D eigenvalue weighted by molar-refractivity contribution is 0.122. The van der Waals surface area contributed by atoms with Crippen molar-refractivity contribution in [2.75, 3.05) is 36.5 Å². The molecular formula is C15H17N5O2. The Morgan fingerprint density at radius 3 is 2.77 bits per heavy atom. The van der Waals surface area contributed by atoms with Gasteiger partial charge in [0.05, 0.1) is 18.9 Å². The highest BCUT2D eigenvalue weighted by molar-refractivity contribution is 5.92. The predicted octanol–water partition coefficient (Wildman–Crippen LogP) is 1.47. The van der Waals surface area contributed by atoms with Gasteiger partial charge in [0.2, 0.25) is 0 Å². The fourth-order valence-corrected chi connectivity index (χ4v) is 2.37. The zero-order valence-electron chi connectivity index (χ0n) is 12.0. The molecule has 7 heteroatoms. The van der Waals surface area contributed by atoms with Crippen molar-refractivity contribution in [3.63, 3.8) is 0 Å². The molecule has 0 aliphatic carbocycles. The van der Waals surface area contributed by atoms with Gasteiger partial charge in [-0.2, -0.15) is 0 Å². The van der Waals surface area contributed by atoms with Crippen molar-refractivity contribution in [1.82, 2.24) is 9.97 Å². The number of aromatic nitrogens is 2. The summed E-state index contributed by atoms with van der Waals surface area (Å²) in [5.74, 6) is 1.40. The van der Waals surface area contributed by atoms with Crippen LogP contribution in [0.5, 0.6) is 0 Å². The van der Waals surface area contributed by atoms with E-state index in [1.807, 2.05) is 24.3 Å². The van der Waals surface area contributed by atoms with Crippen LogP contribution in [-0.2, 0) is 4.74 Å². The van der Waals surface area contributed by atoms with E-state index in [4.69, 9.17) is 10.5 Å². The molecule has 0 bridgehead atoms. The van der Waals surface area contributed by atoms with Gasteiger partial charge in [-0.3, -0.25) is 0 Å². The van der Waals surface area contributed by atoms with E-state index in [0.717, 1.165) is 24.5 Å². The number of hydrogen-bond donors (Lipinski definition) is 2. The Bertz CT molecular complexity index is 670. The van der Waals surface area contributed by atoms with Crippen molar-refractivity contribution in [2.24, 2.45) is 5.73 Å². The molecule has 2 aromatic rings. The highest BCUT2D eigenvalue weighted by Crippen LogP contribution is 2.26. The van der Waals surface area contributed by atoms with Gasteiger partial charge in [-0.25, -0.2) is 14.8 Å². The molecule has 2 amide bonds. The minimum atomic E-state index is -0.614. The van der Waals surface area contributed by atoms with Crippen LogP contribution in [-0.4, -0.2) is 42.3 Å². The molecule has 3 N–H and O–H groups in total. The number of anilines is 2. The van der Waals surface area contributed by atoms with Crippen molar-refractivity contribution >= 4 is 17.5 Å². The standard InChI is InChI=1S/C15H17N5O2/c16-15(21)18-12-4-2-1-3-11(12)14-17-6-5-13(19-14)20-7-9-22-10-8-20/h1-6H,7-10H2,(H3,16,18,21). The van der Waals surface area contributed by atoms with Crippen LogP contribution in [0.3, 0.4) is 0 Å². The maximum absolute atomic E-state index is 11.1. The summed E-state index contributed by atoms with van der Waals surface area (Å²) < 4.78 is 5.35. The maximum Gasteiger partial charge on any atom is 0.316 e. The molecule has 1 aliphatic heterocycles. The molecule has 1 fully saturated rings. The lowest BCUT2D eigenvalue weighted by atomic mass is 10.1. The number of carbonyl (C=O) groups is 1. The number of amides is 2. The Morgan fingerprint density at radius 2 is 2.00 bits per heavy atom. The first kappa shape index (κ1) is 14.3. The maximum atomic E-state index is 11.1. The van der Waals surface area contributed by atoms with E-state index in [0.29, 0.717) is 24.7 Å². The quantitative estimate of drug-likeness (QED) is 0.895. The number of primary amides is 1. The molecule has 0 atom stereocenters. The van der Waals surface area contributed by atoms with Gasteiger partial charge in [0.1, 0.15) is 5.82 Å². The first-order valence-electron chi connectivity index (χ1n) is 7.05. The lowest BCUT2D eigenvalue weighted by Crippen LogP contribution is -2.36. The van der Waals surface area contributed by atoms with Crippen molar-refractivity contribution < 1.29 is 9.53 Å². The normalized spacial score (nSPS) is 14.6. The Labute approximate surface area is 128 Å². The Hall–Kier alpha value is -2.67. The topological polar surface area (TPSA) is 93.4 Å². The fourth-order valence-electron chi connectivity index (χ4n) is 2.37. The molecule has 0 saturated carbocycles. The average Bonchev–Trinajstić information content (AvgIpc) is 2.56. The van der Waals surface area contributed by atoms with Crippen molar-refractivity contribution in [1.29, 1.82) is 0 Å². The summed E-state index contributed by atoms with van der Waals surface area (Å²) in [7, 11) is 0. The number of ether oxygens (including phenoxy) is 1. The summed E-state index contributed by atoms with van der Waals surface area (Å²) in [4.78, 5) is 22.2. The SMILES string of the molecule is NC(=O)Nc1ccccc1-c1nccc(N2CCOCC2)n1. The van der Waals surface area contributed by atoms with Crippen LogP contribution in [0, 0.1) is 0 Å². The monoisotopic (exact) mass is 299 g/mol. The van der Waals surface area contributed by atoms with Crippen LogP contribution in [0.1, 0.15) is 0 Å². The van der Waals surface area contributed by atoms with E-state index in [1.54, 1.807) is 12.3 Å². The molecular weight excluding hydrogens is 282 g/mol. The molecule has 1 aliphatic rings. The second-order valence-electron chi connectivity index (χ2n) is 4.87. The molecule has 1 aromatic heterocycles. The summed E-state index contributed by atoms with van der Waals surface area (Å²) in [5.41, 5.74) is 6.53. The number of rotatable bonds is 3. The van der Waals surface area contributed by atoms with Crippen LogP contribution in [0.15, 0.2) is 36.5 Å². The van der Waals surface area contributed by atoms with Gasteiger partial charge in [-0.1, -0.05) is 12.1 Å². The molecule has 0 unspecified atom stereocenters. The molecule has 114 valence electrons. The zero-order chi connectivity index (χ0) is 15.4. The number of para-hydroxylation sites is 1. The number of morpholine rings is 1. The van der Waals surface area contributed by atoms with E-state index in [1.165, 1.54) is 0 Å². The van der Waals surface area contributed by atoms with E-state index in [2.05, 4.69) is 20.2 Å². The molecule has 1 aromatic carbocycles. The Morgan fingerprint density at radius 1 is 1.23 bits per heavy atom. The van der Waals surface area contributed by atoms with Gasteiger partial charge in [0, 0.05) is 24.8 Å². The van der Waals surface area contributed by atoms with Crippen LogP contribution in [0.4, 0.5) is 16.3 Å². The second kappa shape index (κ2) is 6.40. The number of urea groups is 1. The molecule has 0 spiro atoms. The number of nitrogens with two attached hydrogens (primary N) is 1. The smallest absolute Gasteiger partial charge is 0.316 e. The number of nitrogens with one attached hydrogen (secondary N) is 1. The first-order valence-corrected chi connectivity index (χ1v) is 7.05. The zero-order valence-corrected chi connectivity index (χ0v) is 12.0. The van der Waals surface area contributed by atoms with Gasteiger partial charge < -0.3 is 20.7 Å². The fraction of sp³-hybridized carbons (Fsp3) is 0.267. The third kappa shape index (κ3) is 3.15. The van der Waals surface area contributed by atoms with Crippen molar-refractivity contribution in [2.45, 2.75) is 0 Å². The Kier molecular flexibility index (Phi) is 4.15. The van der Waals surface area contributed by atoms with Crippen LogP contribution >= 0.6 is 0 Å². The van der Waals surface area contributed by atoms with Crippen molar-refractivity contribution in [3.05, 3.63) is 36.5 Å². The van der Waals surface area contributed by atoms with E-state index in [-0.39, 0.29) is 0 Å². The van der Waals surface area contributed by atoms with Gasteiger partial charge in [0.25, 0.3) is 0 Å². The van der Waals surface area contributed by atoms with E-state index >= 15 is 0 Å². The number of carbonyl (C=O) groups excluding carboxylic acids is 1. The van der Waals surface area contributed by atoms with Gasteiger partial charge in [-0.15, -0.1) is 0 Å². The largest absolute Gasteiger partial charge is 0.378 e. The van der Waals surface area contributed by atoms with E-state index in [9.17, 15) is 4.79 Å². The predicted molar refractivity (Wildman–Crippen MR) is 83.7 cm³/mol. The minimum Gasteiger partial charge on any atom is -0.378 e. The average molecular weight is 299 g/mol. The summed E-state index contributed by atoms with van der Waals surface area (Å²) in [5, 5.41) is 2.60. The molecule has 3 rings (SSSR count). The van der Waals surface area contributed by atoms with Gasteiger partial charge >= 0.3 is 6.03 Å². The van der Waals surface area contributed by atoms with Crippen LogP contribution in [0.25, 0.3) is 11.4 Å². The Balaban J connectivity index is 1.93. The number of hydrogen-bond acceptors (Lipinski definition) is 5. The van der Waals surface area contributed by atoms with Crippen LogP contribution in [0.2, 0.25) is 0 Å². The summed E-state index contributed by atoms with van der Waals surface area (Å²) in [6, 6.07) is 8.57. The van der Waals surface area contributed by atoms with Crippen LogP contribution < -0.4 is 16.0 Å². The summed E-state index contributed by atoms with van der Waals surface area (Å²) in [6.45, 7) is 2.99. The third-order valence-electron chi connectivity index (χ3n) is 3.40.